The molecule has 1 amide bonds. The molecule has 2 unspecified atom stereocenters. The van der Waals surface area contributed by atoms with E-state index < -0.39 is 11.7 Å². The van der Waals surface area contributed by atoms with Crippen molar-refractivity contribution in [3.8, 4) is 0 Å². The molecule has 4 nitrogen and oxygen atoms in total. The van der Waals surface area contributed by atoms with Gasteiger partial charge in [0, 0.05) is 38.4 Å². The van der Waals surface area contributed by atoms with Crippen molar-refractivity contribution in [3.05, 3.63) is 42.1 Å². The number of rotatable bonds is 0. The molecule has 23 heavy (non-hydrogen) atoms. The van der Waals surface area contributed by atoms with Gasteiger partial charge in [0.1, 0.15) is 5.60 Å². The van der Waals surface area contributed by atoms with Crippen LogP contribution in [0.2, 0.25) is 0 Å². The van der Waals surface area contributed by atoms with Crippen LogP contribution < -0.4 is 5.32 Å². The van der Waals surface area contributed by atoms with Crippen molar-refractivity contribution in [2.24, 2.45) is 5.92 Å². The fraction of sp³-hybridized carbons (Fsp3) is 0.556. The third kappa shape index (κ3) is 6.42. The van der Waals surface area contributed by atoms with E-state index in [1.165, 1.54) is 31.4 Å². The molecule has 1 aromatic rings. The predicted octanol–water partition coefficient (Wildman–Crippen LogP) is 5.52. The largest absolute Gasteiger partial charge is 0.632 e. The van der Waals surface area contributed by atoms with E-state index in [2.05, 4.69) is 40.9 Å². The number of anilines is 1. The van der Waals surface area contributed by atoms with Crippen LogP contribution in [0.5, 0.6) is 0 Å². The molecule has 2 N–H and O–H groups in total. The molecule has 1 aliphatic carbocycles. The molecule has 1 aromatic carbocycles. The van der Waals surface area contributed by atoms with Gasteiger partial charge in [-0.05, 0) is 44.7 Å². The quantitative estimate of drug-likeness (QED) is 0.593. The van der Waals surface area contributed by atoms with Crippen LogP contribution in [-0.4, -0.2) is 11.7 Å². The molecule has 1 aliphatic heterocycles. The Bertz CT molecular complexity index is 514. The summed E-state index contributed by atoms with van der Waals surface area (Å²) in [6, 6.07) is 8.76. The number of hydrogen-bond acceptors (Lipinski definition) is 3. The molecule has 1 saturated carbocycles. The van der Waals surface area contributed by atoms with Crippen LogP contribution in [0, 0.1) is 12.5 Å². The molecule has 0 saturated heterocycles. The third-order valence-electron chi connectivity index (χ3n) is 4.03. The summed E-state index contributed by atoms with van der Waals surface area (Å²) in [5.74, 6) is 1.57. The zero-order valence-corrected chi connectivity index (χ0v) is 17.1. The molecule has 0 bridgehead atoms. The Labute approximate surface area is 164 Å². The molecule has 3 rings (SSSR count). The molecule has 5 heteroatoms. The predicted molar refractivity (Wildman–Crippen MR) is 89.6 cm³/mol. The number of ether oxygens (including phenoxy) is 1. The van der Waals surface area contributed by atoms with Crippen molar-refractivity contribution < 1.29 is 42.2 Å². The van der Waals surface area contributed by atoms with E-state index in [0.29, 0.717) is 0 Å². The van der Waals surface area contributed by atoms with Crippen molar-refractivity contribution in [2.75, 3.05) is 5.32 Å². The van der Waals surface area contributed by atoms with Gasteiger partial charge in [0.25, 0.3) is 0 Å². The van der Waals surface area contributed by atoms with Gasteiger partial charge >= 0.3 is 0 Å². The first kappa shape index (κ1) is 20.4. The van der Waals surface area contributed by atoms with Gasteiger partial charge < -0.3 is 15.8 Å². The number of carbonyl (C=O) groups is 1. The summed E-state index contributed by atoms with van der Waals surface area (Å²) in [7, 11) is 0. The van der Waals surface area contributed by atoms with Gasteiger partial charge in [-0.2, -0.15) is 0 Å². The van der Waals surface area contributed by atoms with E-state index in [0.717, 1.165) is 11.8 Å². The number of benzene rings is 1. The van der Waals surface area contributed by atoms with Gasteiger partial charge in [0.15, 0.2) is 0 Å². The van der Waals surface area contributed by atoms with E-state index in [9.17, 15) is 4.79 Å². The fourth-order valence-electron chi connectivity index (χ4n) is 3.17. The Kier molecular flexibility index (Phi) is 8.02. The smallest absolute Gasteiger partial charge is 0.227 e. The number of amides is 1. The minimum absolute atomic E-state index is 0. The number of hydrogen-bond donors (Lipinski definition) is 1. The number of fused-ring (bicyclic) bond motifs is 3. The Morgan fingerprint density at radius 2 is 1.91 bits per heavy atom. The second kappa shape index (κ2) is 9.03. The topological polar surface area (TPSA) is 62.1 Å². The van der Waals surface area contributed by atoms with E-state index in [1.807, 2.05) is 0 Å². The maximum atomic E-state index is 9.90. The van der Waals surface area contributed by atoms with Gasteiger partial charge in [-0.1, -0.05) is 37.5 Å². The van der Waals surface area contributed by atoms with Crippen molar-refractivity contribution in [3.63, 3.8) is 0 Å². The fourth-order valence-corrected chi connectivity index (χ4v) is 3.17. The number of para-hydroxylation sites is 1. The van der Waals surface area contributed by atoms with Gasteiger partial charge in [-0.15, -0.1) is 5.92 Å². The molecular formula is C18H26N2O2Y-2. The van der Waals surface area contributed by atoms with Gasteiger partial charge in [0.2, 0.25) is 6.09 Å². The molecule has 125 valence electrons. The number of nitrogens with one attached hydrogen (secondary N) is 2. The summed E-state index contributed by atoms with van der Waals surface area (Å²) in [6.45, 7) is 7.48. The molecule has 2 aliphatic rings. The van der Waals surface area contributed by atoms with Crippen molar-refractivity contribution in [1.29, 1.82) is 0 Å². The molecule has 2 atom stereocenters. The van der Waals surface area contributed by atoms with Gasteiger partial charge in [0.05, 0.1) is 0 Å². The Morgan fingerprint density at radius 3 is 2.52 bits per heavy atom. The van der Waals surface area contributed by atoms with Crippen LogP contribution in [-0.2, 0) is 37.4 Å². The van der Waals surface area contributed by atoms with Crippen LogP contribution in [0.15, 0.2) is 24.3 Å². The summed E-state index contributed by atoms with van der Waals surface area (Å²) in [6.07, 6.45) is 4.58. The molecule has 0 spiro atoms. The van der Waals surface area contributed by atoms with E-state index in [1.54, 1.807) is 26.3 Å². The average Bonchev–Trinajstić information content (AvgIpc) is 2.45. The Morgan fingerprint density at radius 1 is 1.26 bits per heavy atom. The van der Waals surface area contributed by atoms with Gasteiger partial charge in [-0.25, -0.2) is 6.54 Å². The second-order valence-corrected chi connectivity index (χ2v) is 6.95. The van der Waals surface area contributed by atoms with Crippen LogP contribution in [0.25, 0.3) is 5.73 Å². The van der Waals surface area contributed by atoms with Crippen molar-refractivity contribution in [1.82, 2.24) is 0 Å². The molecule has 1 heterocycles. The zero-order chi connectivity index (χ0) is 16.2. The Balaban J connectivity index is 0.000000258. The van der Waals surface area contributed by atoms with Crippen LogP contribution in [0.3, 0.4) is 0 Å². The van der Waals surface area contributed by atoms with Crippen LogP contribution >= 0.6 is 0 Å². The minimum Gasteiger partial charge on any atom is -0.632 e. The first-order valence-corrected chi connectivity index (χ1v) is 8.00. The normalized spacial score (nSPS) is 22.0. The number of carbonyl (C=O) groups excluding carboxylic acids is 1. The Hall–Kier alpha value is -0.606. The van der Waals surface area contributed by atoms with Crippen LogP contribution in [0.4, 0.5) is 10.5 Å². The maximum Gasteiger partial charge on any atom is 0.227 e. The zero-order valence-electron chi connectivity index (χ0n) is 14.3. The van der Waals surface area contributed by atoms with Gasteiger partial charge in [-0.3, -0.25) is 4.79 Å². The van der Waals surface area contributed by atoms with Crippen molar-refractivity contribution in [2.45, 2.75) is 58.0 Å². The van der Waals surface area contributed by atoms with E-state index in [-0.39, 0.29) is 32.7 Å². The van der Waals surface area contributed by atoms with E-state index in [4.69, 9.17) is 5.73 Å². The maximum absolute atomic E-state index is 9.90. The summed E-state index contributed by atoms with van der Waals surface area (Å²) in [5, 5.41) is 3.44. The minimum atomic E-state index is -0.975. The monoisotopic (exact) mass is 391 g/mol. The molecule has 0 aromatic heterocycles. The average molecular weight is 391 g/mol. The summed E-state index contributed by atoms with van der Waals surface area (Å²) in [4.78, 5) is 9.90. The summed E-state index contributed by atoms with van der Waals surface area (Å²) >= 11 is 0. The third-order valence-corrected chi connectivity index (χ3v) is 4.03. The summed E-state index contributed by atoms with van der Waals surface area (Å²) < 4.78 is 4.47. The molecule has 1 fully saturated rings. The molecular weight excluding hydrogens is 365 g/mol. The standard InChI is InChI=1S/C13H16N.C5H11NO2.Y/c1-2-6-11-10(5-1)9-14-13-8-4-3-7-12(11)13;1-5(2,3)8-4(6)7;/h3-4,7-11,14H,1-2,5-6H2;1-3H3,(H2,6,7);/q-1;;/p-1. The first-order chi connectivity index (χ1) is 10.4. The SMILES string of the molecule is CC(C)(C)OC([NH-])=O.[Y].c1ccc2c(c1)N[CH-]C1CCCCC21. The van der Waals surface area contributed by atoms with E-state index >= 15 is 0 Å². The summed E-state index contributed by atoms with van der Waals surface area (Å²) in [5.41, 5.74) is 8.73. The van der Waals surface area contributed by atoms with Crippen LogP contribution in [0.1, 0.15) is 57.9 Å². The first-order valence-electron chi connectivity index (χ1n) is 8.00. The molecule has 1 radical (unpaired) electrons. The van der Waals surface area contributed by atoms with Crippen molar-refractivity contribution >= 4 is 11.8 Å². The second-order valence-electron chi connectivity index (χ2n) is 6.95.